The third-order valence-electron chi connectivity index (χ3n) is 1.89. The molecule has 13 heavy (non-hydrogen) atoms. The summed E-state index contributed by atoms with van der Waals surface area (Å²) in [6.45, 7) is 4.07. The molecule has 0 radical (unpaired) electrons. The van der Waals surface area contributed by atoms with Crippen LogP contribution in [0.5, 0.6) is 0 Å². The van der Waals surface area contributed by atoms with Crippen LogP contribution in [0.15, 0.2) is 16.0 Å². The van der Waals surface area contributed by atoms with Crippen molar-refractivity contribution in [1.82, 2.24) is 9.55 Å². The van der Waals surface area contributed by atoms with Crippen molar-refractivity contribution in [1.29, 1.82) is 0 Å². The second kappa shape index (κ2) is 3.96. The fourth-order valence-electron chi connectivity index (χ4n) is 1.01. The summed E-state index contributed by atoms with van der Waals surface area (Å²) in [5, 5.41) is 0.774. The molecule has 0 unspecified atom stereocenters. The molecule has 0 amide bonds. The van der Waals surface area contributed by atoms with Crippen LogP contribution >= 0.6 is 11.8 Å². The van der Waals surface area contributed by atoms with Gasteiger partial charge >= 0.3 is 0 Å². The van der Waals surface area contributed by atoms with Crippen molar-refractivity contribution in [3.8, 4) is 0 Å². The predicted octanol–water partition coefficient (Wildman–Crippen LogP) is 1.63. The van der Waals surface area contributed by atoms with Gasteiger partial charge in [0.2, 0.25) is 0 Å². The standard InChI is InChI=1S/C9H14N2OS/c1-6(2)7-5-8(12)11(3)9(10-7)13-4/h5-6H,1-4H3. The van der Waals surface area contributed by atoms with Crippen LogP contribution in [0.1, 0.15) is 25.5 Å². The summed E-state index contributed by atoms with van der Waals surface area (Å²) in [6.07, 6.45) is 1.92. The van der Waals surface area contributed by atoms with Crippen LogP contribution in [0.2, 0.25) is 0 Å². The Kier molecular flexibility index (Phi) is 3.14. The first-order valence-corrected chi connectivity index (χ1v) is 5.40. The molecule has 0 N–H and O–H groups in total. The van der Waals surface area contributed by atoms with Gasteiger partial charge in [0.1, 0.15) is 0 Å². The largest absolute Gasteiger partial charge is 0.291 e. The van der Waals surface area contributed by atoms with Crippen LogP contribution in [0.3, 0.4) is 0 Å². The number of aromatic nitrogens is 2. The van der Waals surface area contributed by atoms with Gasteiger partial charge in [0.25, 0.3) is 5.56 Å². The highest BCUT2D eigenvalue weighted by Gasteiger charge is 2.06. The Labute approximate surface area is 82.2 Å². The minimum absolute atomic E-state index is 0.0167. The lowest BCUT2D eigenvalue weighted by molar-refractivity contribution is 0.669. The van der Waals surface area contributed by atoms with E-state index < -0.39 is 0 Å². The highest BCUT2D eigenvalue weighted by Crippen LogP contribution is 2.14. The topological polar surface area (TPSA) is 34.9 Å². The average molecular weight is 198 g/mol. The van der Waals surface area contributed by atoms with Gasteiger partial charge in [-0.2, -0.15) is 0 Å². The summed E-state index contributed by atoms with van der Waals surface area (Å²) in [6, 6.07) is 1.60. The molecule has 72 valence electrons. The molecule has 0 saturated heterocycles. The van der Waals surface area contributed by atoms with E-state index in [9.17, 15) is 4.79 Å². The number of thioether (sulfide) groups is 1. The first kappa shape index (κ1) is 10.3. The third kappa shape index (κ3) is 2.12. The van der Waals surface area contributed by atoms with Crippen LogP contribution in [0.25, 0.3) is 0 Å². The fourth-order valence-corrected chi connectivity index (χ4v) is 1.57. The SMILES string of the molecule is CSc1nc(C(C)C)cc(=O)n1C. The summed E-state index contributed by atoms with van der Waals surface area (Å²) in [4.78, 5) is 15.8. The lowest BCUT2D eigenvalue weighted by Gasteiger charge is -2.08. The summed E-state index contributed by atoms with van der Waals surface area (Å²) < 4.78 is 1.57. The smallest absolute Gasteiger partial charge is 0.254 e. The van der Waals surface area contributed by atoms with Crippen LogP contribution in [0.4, 0.5) is 0 Å². The van der Waals surface area contributed by atoms with Gasteiger partial charge in [-0.05, 0) is 12.2 Å². The maximum absolute atomic E-state index is 11.4. The Hall–Kier alpha value is -0.770. The summed E-state index contributed by atoms with van der Waals surface area (Å²) >= 11 is 1.49. The van der Waals surface area contributed by atoms with Crippen molar-refractivity contribution in [2.75, 3.05) is 6.26 Å². The number of rotatable bonds is 2. The van der Waals surface area contributed by atoms with Crippen LogP contribution < -0.4 is 5.56 Å². The van der Waals surface area contributed by atoms with Crippen molar-refractivity contribution in [2.45, 2.75) is 24.9 Å². The third-order valence-corrected chi connectivity index (χ3v) is 2.62. The van der Waals surface area contributed by atoms with Gasteiger partial charge in [-0.3, -0.25) is 9.36 Å². The zero-order valence-electron chi connectivity index (χ0n) is 8.37. The van der Waals surface area contributed by atoms with Crippen LogP contribution in [-0.2, 0) is 7.05 Å². The average Bonchev–Trinajstić information content (AvgIpc) is 2.09. The Morgan fingerprint density at radius 2 is 2.15 bits per heavy atom. The lowest BCUT2D eigenvalue weighted by Crippen LogP contribution is -2.20. The van der Waals surface area contributed by atoms with Gasteiger partial charge in [-0.15, -0.1) is 0 Å². The lowest BCUT2D eigenvalue weighted by atomic mass is 10.1. The van der Waals surface area contributed by atoms with E-state index in [1.165, 1.54) is 11.8 Å². The van der Waals surface area contributed by atoms with Crippen LogP contribution in [0, 0.1) is 0 Å². The quantitative estimate of drug-likeness (QED) is 0.535. The molecule has 4 heteroatoms. The van der Waals surface area contributed by atoms with Crippen molar-refractivity contribution < 1.29 is 0 Å². The molecule has 1 aromatic heterocycles. The Morgan fingerprint density at radius 3 is 2.62 bits per heavy atom. The number of hydrogen-bond acceptors (Lipinski definition) is 3. The fraction of sp³-hybridized carbons (Fsp3) is 0.556. The monoisotopic (exact) mass is 198 g/mol. The molecule has 0 atom stereocenters. The Morgan fingerprint density at radius 1 is 1.54 bits per heavy atom. The number of nitrogens with zero attached hydrogens (tertiary/aromatic N) is 2. The summed E-state index contributed by atoms with van der Waals surface area (Å²) in [7, 11) is 1.74. The Balaban J connectivity index is 3.31. The van der Waals surface area contributed by atoms with E-state index in [1.807, 2.05) is 20.1 Å². The van der Waals surface area contributed by atoms with E-state index in [4.69, 9.17) is 0 Å². The summed E-state index contributed by atoms with van der Waals surface area (Å²) in [5.41, 5.74) is 0.885. The van der Waals surface area contributed by atoms with Gasteiger partial charge in [0.15, 0.2) is 5.16 Å². The molecular weight excluding hydrogens is 184 g/mol. The second-order valence-electron chi connectivity index (χ2n) is 3.22. The van der Waals surface area contributed by atoms with Crippen molar-refractivity contribution in [3.63, 3.8) is 0 Å². The highest BCUT2D eigenvalue weighted by atomic mass is 32.2. The molecule has 0 saturated carbocycles. The van der Waals surface area contributed by atoms with E-state index in [2.05, 4.69) is 4.98 Å². The highest BCUT2D eigenvalue weighted by molar-refractivity contribution is 7.98. The van der Waals surface area contributed by atoms with Gasteiger partial charge in [0.05, 0.1) is 5.69 Å². The van der Waals surface area contributed by atoms with Crippen molar-refractivity contribution in [2.24, 2.45) is 7.05 Å². The molecule has 3 nitrogen and oxygen atoms in total. The van der Waals surface area contributed by atoms with E-state index in [1.54, 1.807) is 17.7 Å². The summed E-state index contributed by atoms with van der Waals surface area (Å²) in [5.74, 6) is 0.305. The molecule has 1 aromatic rings. The Bertz CT molecular complexity index is 357. The molecule has 0 aliphatic carbocycles. The van der Waals surface area contributed by atoms with Gasteiger partial charge < -0.3 is 0 Å². The molecule has 0 aromatic carbocycles. The predicted molar refractivity (Wildman–Crippen MR) is 55.3 cm³/mol. The molecular formula is C9H14N2OS. The van der Waals surface area contributed by atoms with E-state index >= 15 is 0 Å². The van der Waals surface area contributed by atoms with Gasteiger partial charge in [0, 0.05) is 13.1 Å². The maximum Gasteiger partial charge on any atom is 0.254 e. The van der Waals surface area contributed by atoms with Crippen LogP contribution in [-0.4, -0.2) is 15.8 Å². The molecule has 1 heterocycles. The van der Waals surface area contributed by atoms with E-state index in [0.717, 1.165) is 10.9 Å². The normalized spacial score (nSPS) is 10.8. The van der Waals surface area contributed by atoms with Crippen molar-refractivity contribution in [3.05, 3.63) is 22.1 Å². The minimum Gasteiger partial charge on any atom is -0.291 e. The molecule has 0 bridgehead atoms. The number of hydrogen-bond donors (Lipinski definition) is 0. The maximum atomic E-state index is 11.4. The zero-order chi connectivity index (χ0) is 10.0. The first-order valence-electron chi connectivity index (χ1n) is 4.18. The molecule has 0 spiro atoms. The molecule has 0 aliphatic rings. The second-order valence-corrected chi connectivity index (χ2v) is 3.99. The molecule has 1 rings (SSSR count). The van der Waals surface area contributed by atoms with Gasteiger partial charge in [-0.25, -0.2) is 4.98 Å². The van der Waals surface area contributed by atoms with E-state index in [-0.39, 0.29) is 5.56 Å². The zero-order valence-corrected chi connectivity index (χ0v) is 9.18. The first-order chi connectivity index (χ1) is 6.06. The van der Waals surface area contributed by atoms with E-state index in [0.29, 0.717) is 5.92 Å². The van der Waals surface area contributed by atoms with Gasteiger partial charge in [-0.1, -0.05) is 25.6 Å². The van der Waals surface area contributed by atoms with Crippen molar-refractivity contribution >= 4 is 11.8 Å². The molecule has 0 aliphatic heterocycles. The minimum atomic E-state index is 0.0167. The molecule has 0 fully saturated rings.